The van der Waals surface area contributed by atoms with Crippen molar-refractivity contribution >= 4 is 23.2 Å². The number of amides is 1. The van der Waals surface area contributed by atoms with E-state index in [1.165, 1.54) is 18.2 Å². The molecular formula is C20H18ClFN2O. The van der Waals surface area contributed by atoms with Gasteiger partial charge in [0.15, 0.2) is 0 Å². The third-order valence-corrected chi connectivity index (χ3v) is 4.43. The third kappa shape index (κ3) is 4.09. The Hall–Kier alpha value is -2.59. The molecule has 1 atom stereocenters. The first-order chi connectivity index (χ1) is 12.0. The number of carbonyl (C=O) groups excluding carboxylic acids is 1. The highest BCUT2D eigenvalue weighted by Gasteiger charge is 2.19. The summed E-state index contributed by atoms with van der Waals surface area (Å²) in [7, 11) is 0. The van der Waals surface area contributed by atoms with Crippen molar-refractivity contribution < 1.29 is 9.18 Å². The van der Waals surface area contributed by atoms with Crippen molar-refractivity contribution in [2.45, 2.75) is 19.4 Å². The highest BCUT2D eigenvalue weighted by molar-refractivity contribution is 6.33. The van der Waals surface area contributed by atoms with Gasteiger partial charge in [-0.3, -0.25) is 4.79 Å². The first kappa shape index (κ1) is 17.2. The van der Waals surface area contributed by atoms with Gasteiger partial charge in [0.2, 0.25) is 5.91 Å². The Balaban J connectivity index is 1.83. The van der Waals surface area contributed by atoms with Crippen LogP contribution in [-0.4, -0.2) is 10.5 Å². The predicted molar refractivity (Wildman–Crippen MR) is 98.4 cm³/mol. The maximum atomic E-state index is 13.1. The molecule has 1 aromatic heterocycles. The molecule has 2 aromatic carbocycles. The molecule has 3 rings (SSSR count). The fourth-order valence-corrected chi connectivity index (χ4v) is 3.07. The standard InChI is InChI=1S/C20H18ClFN2O/c1-14-6-2-3-7-16(14)19(24-10-4-5-11-24)13-20(25)23-18-9-8-15(22)12-17(18)21/h2-12,19H,13H2,1H3,(H,23,25)/t19-/m1/s1. The number of anilines is 1. The zero-order valence-electron chi connectivity index (χ0n) is 13.7. The summed E-state index contributed by atoms with van der Waals surface area (Å²) in [5, 5.41) is 2.95. The summed E-state index contributed by atoms with van der Waals surface area (Å²) in [5.41, 5.74) is 2.61. The zero-order valence-corrected chi connectivity index (χ0v) is 14.5. The Bertz CT molecular complexity index is 877. The minimum atomic E-state index is -0.437. The van der Waals surface area contributed by atoms with E-state index in [-0.39, 0.29) is 23.4 Å². The van der Waals surface area contributed by atoms with Gasteiger partial charge >= 0.3 is 0 Å². The van der Waals surface area contributed by atoms with E-state index in [0.717, 1.165) is 11.1 Å². The van der Waals surface area contributed by atoms with Crippen LogP contribution in [0.15, 0.2) is 67.0 Å². The quantitative estimate of drug-likeness (QED) is 0.669. The second-order valence-electron chi connectivity index (χ2n) is 5.88. The van der Waals surface area contributed by atoms with Crippen LogP contribution in [-0.2, 0) is 4.79 Å². The van der Waals surface area contributed by atoms with E-state index in [9.17, 15) is 9.18 Å². The van der Waals surface area contributed by atoms with E-state index in [2.05, 4.69) is 5.32 Å². The lowest BCUT2D eigenvalue weighted by atomic mass is 9.98. The predicted octanol–water partition coefficient (Wildman–Crippen LogP) is 5.21. The summed E-state index contributed by atoms with van der Waals surface area (Å²) in [4.78, 5) is 12.6. The van der Waals surface area contributed by atoms with Gasteiger partial charge in [0, 0.05) is 12.4 Å². The van der Waals surface area contributed by atoms with E-state index >= 15 is 0 Å². The van der Waals surface area contributed by atoms with Crippen molar-refractivity contribution in [3.05, 3.63) is 89.0 Å². The maximum absolute atomic E-state index is 13.1. The van der Waals surface area contributed by atoms with E-state index in [4.69, 9.17) is 11.6 Å². The molecule has 1 N–H and O–H groups in total. The highest BCUT2D eigenvalue weighted by atomic mass is 35.5. The smallest absolute Gasteiger partial charge is 0.226 e. The van der Waals surface area contributed by atoms with E-state index in [1.54, 1.807) is 0 Å². The number of benzene rings is 2. The molecule has 0 aliphatic rings. The Labute approximate surface area is 151 Å². The average molecular weight is 357 g/mol. The van der Waals surface area contributed by atoms with Crippen molar-refractivity contribution in [3.8, 4) is 0 Å². The van der Waals surface area contributed by atoms with Crippen molar-refractivity contribution in [1.29, 1.82) is 0 Å². The van der Waals surface area contributed by atoms with Gasteiger partial charge in [-0.15, -0.1) is 0 Å². The fourth-order valence-electron chi connectivity index (χ4n) is 2.86. The number of nitrogens with zero attached hydrogens (tertiary/aromatic N) is 1. The number of hydrogen-bond acceptors (Lipinski definition) is 1. The van der Waals surface area contributed by atoms with E-state index in [1.807, 2.05) is 60.3 Å². The van der Waals surface area contributed by atoms with Crippen LogP contribution < -0.4 is 5.32 Å². The van der Waals surface area contributed by atoms with Crippen LogP contribution in [0.3, 0.4) is 0 Å². The second kappa shape index (κ2) is 7.53. The molecule has 25 heavy (non-hydrogen) atoms. The number of nitrogens with one attached hydrogen (secondary N) is 1. The second-order valence-corrected chi connectivity index (χ2v) is 6.29. The molecule has 1 heterocycles. The van der Waals surface area contributed by atoms with Crippen LogP contribution in [0.1, 0.15) is 23.6 Å². The Morgan fingerprint density at radius 1 is 1.16 bits per heavy atom. The summed E-state index contributed by atoms with van der Waals surface area (Å²) in [6, 6.07) is 15.6. The lowest BCUT2D eigenvalue weighted by Gasteiger charge is -2.21. The minimum Gasteiger partial charge on any atom is -0.346 e. The van der Waals surface area contributed by atoms with Crippen LogP contribution in [0.4, 0.5) is 10.1 Å². The number of carbonyl (C=O) groups is 1. The number of aryl methyl sites for hydroxylation is 1. The van der Waals surface area contributed by atoms with Gasteiger partial charge in [0.05, 0.1) is 23.2 Å². The van der Waals surface area contributed by atoms with Gasteiger partial charge in [-0.05, 0) is 48.4 Å². The molecule has 0 unspecified atom stereocenters. The SMILES string of the molecule is Cc1ccccc1[C@@H](CC(=O)Nc1ccc(F)cc1Cl)n1cccc1. The van der Waals surface area contributed by atoms with Gasteiger partial charge < -0.3 is 9.88 Å². The van der Waals surface area contributed by atoms with Gasteiger partial charge in [-0.1, -0.05) is 35.9 Å². The van der Waals surface area contributed by atoms with Gasteiger partial charge in [-0.2, -0.15) is 0 Å². The Morgan fingerprint density at radius 3 is 2.56 bits per heavy atom. The Kier molecular flexibility index (Phi) is 5.19. The molecule has 3 aromatic rings. The number of halogens is 2. The van der Waals surface area contributed by atoms with Gasteiger partial charge in [0.1, 0.15) is 5.82 Å². The third-order valence-electron chi connectivity index (χ3n) is 4.12. The molecule has 0 radical (unpaired) electrons. The van der Waals surface area contributed by atoms with Crippen LogP contribution >= 0.6 is 11.6 Å². The Morgan fingerprint density at radius 2 is 1.88 bits per heavy atom. The first-order valence-electron chi connectivity index (χ1n) is 7.97. The summed E-state index contributed by atoms with van der Waals surface area (Å²) in [5.74, 6) is -0.622. The molecule has 1 amide bonds. The number of hydrogen-bond donors (Lipinski definition) is 1. The van der Waals surface area contributed by atoms with Crippen molar-refractivity contribution in [2.24, 2.45) is 0 Å². The molecule has 0 saturated carbocycles. The highest BCUT2D eigenvalue weighted by Crippen LogP contribution is 2.27. The van der Waals surface area contributed by atoms with Crippen molar-refractivity contribution in [2.75, 3.05) is 5.32 Å². The summed E-state index contributed by atoms with van der Waals surface area (Å²) >= 11 is 5.99. The molecular weight excluding hydrogens is 339 g/mol. The van der Waals surface area contributed by atoms with E-state index < -0.39 is 5.82 Å². The molecule has 5 heteroatoms. The van der Waals surface area contributed by atoms with Crippen LogP contribution in [0.2, 0.25) is 5.02 Å². The summed E-state index contributed by atoms with van der Waals surface area (Å²) in [6.07, 6.45) is 4.12. The zero-order chi connectivity index (χ0) is 17.8. The maximum Gasteiger partial charge on any atom is 0.226 e. The number of aromatic nitrogens is 1. The molecule has 0 aliphatic heterocycles. The van der Waals surface area contributed by atoms with Crippen molar-refractivity contribution in [3.63, 3.8) is 0 Å². The van der Waals surface area contributed by atoms with Crippen LogP contribution in [0.5, 0.6) is 0 Å². The largest absolute Gasteiger partial charge is 0.346 e. The molecule has 0 saturated heterocycles. The molecule has 128 valence electrons. The van der Waals surface area contributed by atoms with E-state index in [0.29, 0.717) is 5.69 Å². The average Bonchev–Trinajstić information content (AvgIpc) is 3.10. The molecule has 0 spiro atoms. The molecule has 3 nitrogen and oxygen atoms in total. The first-order valence-corrected chi connectivity index (χ1v) is 8.35. The van der Waals surface area contributed by atoms with Gasteiger partial charge in [-0.25, -0.2) is 4.39 Å². The van der Waals surface area contributed by atoms with Crippen LogP contribution in [0.25, 0.3) is 0 Å². The van der Waals surface area contributed by atoms with Gasteiger partial charge in [0.25, 0.3) is 0 Å². The fraction of sp³-hybridized carbons (Fsp3) is 0.150. The summed E-state index contributed by atoms with van der Waals surface area (Å²) < 4.78 is 15.2. The lowest BCUT2D eigenvalue weighted by Crippen LogP contribution is -2.20. The molecule has 0 fully saturated rings. The molecule has 0 bridgehead atoms. The summed E-state index contributed by atoms with van der Waals surface area (Å²) in [6.45, 7) is 2.03. The monoisotopic (exact) mass is 356 g/mol. The van der Waals surface area contributed by atoms with Crippen molar-refractivity contribution in [1.82, 2.24) is 4.57 Å². The normalized spacial score (nSPS) is 12.0. The lowest BCUT2D eigenvalue weighted by molar-refractivity contribution is -0.116. The molecule has 0 aliphatic carbocycles. The van der Waals surface area contributed by atoms with Crippen LogP contribution in [0, 0.1) is 12.7 Å². The minimum absolute atomic E-state index is 0.129. The number of rotatable bonds is 5. The topological polar surface area (TPSA) is 34.0 Å².